The molecule has 0 aliphatic heterocycles. The van der Waals surface area contributed by atoms with E-state index in [0.717, 1.165) is 0 Å². The molecule has 0 fully saturated rings. The van der Waals surface area contributed by atoms with Gasteiger partial charge < -0.3 is 6.15 Å². The van der Waals surface area contributed by atoms with Crippen LogP contribution in [0.2, 0.25) is 0 Å². The average Bonchev–Trinajstić information content (AvgIpc) is 2.48. The summed E-state index contributed by atoms with van der Waals surface area (Å²) in [6.45, 7) is 2.28. The van der Waals surface area contributed by atoms with Gasteiger partial charge in [-0.15, -0.1) is 0 Å². The molecule has 0 aliphatic rings. The van der Waals surface area contributed by atoms with Crippen LogP contribution in [-0.4, -0.2) is 17.5 Å². The van der Waals surface area contributed by atoms with Crippen molar-refractivity contribution in [2.45, 2.75) is 77.6 Å². The molecule has 24 heavy (non-hydrogen) atoms. The highest BCUT2D eigenvalue weighted by molar-refractivity contribution is 7.79. The molecule has 0 bridgehead atoms. The van der Waals surface area contributed by atoms with E-state index in [1.54, 1.807) is 0 Å². The summed E-state index contributed by atoms with van der Waals surface area (Å²) in [5.41, 5.74) is 1.50. The lowest BCUT2D eigenvalue weighted by molar-refractivity contribution is 0.381. The highest BCUT2D eigenvalue weighted by Gasteiger charge is 1.94. The van der Waals surface area contributed by atoms with E-state index < -0.39 is 10.4 Å². The Morgan fingerprint density at radius 3 is 1.54 bits per heavy atom. The smallest absolute Gasteiger partial charge is 0.344 e. The first kappa shape index (κ1) is 25.3. The van der Waals surface area contributed by atoms with Crippen molar-refractivity contribution in [1.82, 2.24) is 6.15 Å². The maximum atomic E-state index is 8.74. The fraction of sp³-hybridized carbons (Fsp3) is 0.667. The Labute approximate surface area is 148 Å². The van der Waals surface area contributed by atoms with Gasteiger partial charge in [0, 0.05) is 0 Å². The number of unbranched alkanes of at least 4 members (excludes halogenated alkanes) is 9. The molecule has 0 aliphatic carbocycles. The Kier molecular flexibility index (Phi) is 17.8. The summed E-state index contributed by atoms with van der Waals surface area (Å²) in [6, 6.07) is 10.9. The minimum absolute atomic E-state index is 0. The van der Waals surface area contributed by atoms with Gasteiger partial charge in [-0.3, -0.25) is 9.11 Å². The Balaban J connectivity index is 0. The molecule has 1 rings (SSSR count). The molecule has 0 saturated carbocycles. The third kappa shape index (κ3) is 23.3. The standard InChI is InChI=1S/C18H30.H3N.H2O4S/c1-2-3-4-5-6-7-8-9-10-12-15-18-16-13-11-14-17-18;;1-5(2,3)4/h11,13-14,16-17H,2-10,12,15H2,1H3;1H3;(H2,1,2,3,4). The molecule has 0 saturated heterocycles. The normalized spacial score (nSPS) is 10.5. The summed E-state index contributed by atoms with van der Waals surface area (Å²) in [5.74, 6) is 0. The van der Waals surface area contributed by atoms with Gasteiger partial charge in [0.1, 0.15) is 0 Å². The molecule has 0 amide bonds. The van der Waals surface area contributed by atoms with Crippen molar-refractivity contribution < 1.29 is 17.5 Å². The third-order valence-corrected chi connectivity index (χ3v) is 3.66. The summed E-state index contributed by atoms with van der Waals surface area (Å²) in [6.07, 6.45) is 15.5. The van der Waals surface area contributed by atoms with Crippen LogP contribution in [0.3, 0.4) is 0 Å². The largest absolute Gasteiger partial charge is 0.394 e. The van der Waals surface area contributed by atoms with Crippen molar-refractivity contribution in [3.63, 3.8) is 0 Å². The van der Waals surface area contributed by atoms with Crippen molar-refractivity contribution in [2.75, 3.05) is 0 Å². The van der Waals surface area contributed by atoms with Gasteiger partial charge in [0.2, 0.25) is 0 Å². The van der Waals surface area contributed by atoms with Gasteiger partial charge in [-0.1, -0.05) is 95.0 Å². The van der Waals surface area contributed by atoms with E-state index in [9.17, 15) is 0 Å². The second-order valence-electron chi connectivity index (χ2n) is 5.87. The minimum atomic E-state index is -4.67. The van der Waals surface area contributed by atoms with Crippen LogP contribution < -0.4 is 6.15 Å². The molecule has 1 aromatic rings. The van der Waals surface area contributed by atoms with Crippen molar-refractivity contribution >= 4 is 10.4 Å². The fourth-order valence-corrected chi connectivity index (χ4v) is 2.46. The summed E-state index contributed by atoms with van der Waals surface area (Å²) < 4.78 is 31.6. The molecule has 6 heteroatoms. The molecule has 5 nitrogen and oxygen atoms in total. The number of rotatable bonds is 11. The zero-order valence-corrected chi connectivity index (χ0v) is 15.8. The molecule has 0 heterocycles. The van der Waals surface area contributed by atoms with Gasteiger partial charge in [-0.25, -0.2) is 0 Å². The third-order valence-electron chi connectivity index (χ3n) is 3.66. The first-order valence-corrected chi connectivity index (χ1v) is 10.1. The highest BCUT2D eigenvalue weighted by Crippen LogP contribution is 2.12. The maximum Gasteiger partial charge on any atom is 0.394 e. The van der Waals surface area contributed by atoms with E-state index in [2.05, 4.69) is 37.3 Å². The second kappa shape index (κ2) is 16.9. The van der Waals surface area contributed by atoms with Gasteiger partial charge in [0.05, 0.1) is 0 Å². The molecule has 0 aromatic heterocycles. The molecule has 0 spiro atoms. The Hall–Kier alpha value is -0.950. The lowest BCUT2D eigenvalue weighted by atomic mass is 10.0. The summed E-state index contributed by atoms with van der Waals surface area (Å²) in [4.78, 5) is 0. The van der Waals surface area contributed by atoms with Crippen LogP contribution in [0.1, 0.15) is 76.7 Å². The first-order valence-electron chi connectivity index (χ1n) is 8.67. The predicted molar refractivity (Wildman–Crippen MR) is 101 cm³/mol. The highest BCUT2D eigenvalue weighted by atomic mass is 32.3. The van der Waals surface area contributed by atoms with Crippen LogP contribution in [0.4, 0.5) is 0 Å². The SMILES string of the molecule is CCCCCCCCCCCCc1ccccc1.N.O=S(=O)(O)O. The number of hydrogen-bond acceptors (Lipinski definition) is 3. The van der Waals surface area contributed by atoms with Gasteiger partial charge in [-0.05, 0) is 18.4 Å². The van der Waals surface area contributed by atoms with Crippen LogP contribution >= 0.6 is 0 Å². The zero-order chi connectivity index (χ0) is 17.4. The Morgan fingerprint density at radius 2 is 1.12 bits per heavy atom. The molecule has 0 radical (unpaired) electrons. The van der Waals surface area contributed by atoms with Crippen LogP contribution in [0, 0.1) is 0 Å². The molecule has 0 atom stereocenters. The number of hydrogen-bond donors (Lipinski definition) is 3. The van der Waals surface area contributed by atoms with E-state index in [4.69, 9.17) is 17.5 Å². The minimum Gasteiger partial charge on any atom is -0.344 e. The first-order chi connectivity index (χ1) is 10.9. The van der Waals surface area contributed by atoms with Crippen LogP contribution in [0.15, 0.2) is 30.3 Å². The Morgan fingerprint density at radius 1 is 0.750 bits per heavy atom. The van der Waals surface area contributed by atoms with Crippen LogP contribution in [0.5, 0.6) is 0 Å². The van der Waals surface area contributed by atoms with Gasteiger partial charge in [0.15, 0.2) is 0 Å². The fourth-order valence-electron chi connectivity index (χ4n) is 2.46. The van der Waals surface area contributed by atoms with Crippen molar-refractivity contribution in [3.8, 4) is 0 Å². The lowest BCUT2D eigenvalue weighted by Crippen LogP contribution is -1.89. The zero-order valence-electron chi connectivity index (χ0n) is 15.0. The molecular weight excluding hydrogens is 326 g/mol. The second-order valence-corrected chi connectivity index (χ2v) is 6.76. The van der Waals surface area contributed by atoms with Gasteiger partial charge in [-0.2, -0.15) is 8.42 Å². The van der Waals surface area contributed by atoms with Crippen molar-refractivity contribution in [3.05, 3.63) is 35.9 Å². The molecule has 5 N–H and O–H groups in total. The quantitative estimate of drug-likeness (QED) is 0.348. The van der Waals surface area contributed by atoms with E-state index in [0.29, 0.717) is 0 Å². The maximum absolute atomic E-state index is 8.74. The molecule has 0 unspecified atom stereocenters. The van der Waals surface area contributed by atoms with Gasteiger partial charge >= 0.3 is 10.4 Å². The molecule has 1 aromatic carbocycles. The summed E-state index contributed by atoms with van der Waals surface area (Å²) in [7, 11) is -4.67. The van der Waals surface area contributed by atoms with E-state index in [-0.39, 0.29) is 6.15 Å². The van der Waals surface area contributed by atoms with E-state index >= 15 is 0 Å². The summed E-state index contributed by atoms with van der Waals surface area (Å²) in [5, 5.41) is 0. The van der Waals surface area contributed by atoms with Gasteiger partial charge in [0.25, 0.3) is 0 Å². The van der Waals surface area contributed by atoms with E-state index in [1.807, 2.05) is 0 Å². The van der Waals surface area contributed by atoms with E-state index in [1.165, 1.54) is 76.2 Å². The molecule has 142 valence electrons. The topological polar surface area (TPSA) is 110 Å². The van der Waals surface area contributed by atoms with Crippen molar-refractivity contribution in [1.29, 1.82) is 0 Å². The monoisotopic (exact) mass is 361 g/mol. The number of aryl methyl sites for hydroxylation is 1. The molecular formula is C18H35NO4S. The number of benzene rings is 1. The van der Waals surface area contributed by atoms with Crippen LogP contribution in [0.25, 0.3) is 0 Å². The summed E-state index contributed by atoms with van der Waals surface area (Å²) >= 11 is 0. The van der Waals surface area contributed by atoms with Crippen LogP contribution in [-0.2, 0) is 16.8 Å². The van der Waals surface area contributed by atoms with Crippen molar-refractivity contribution in [2.24, 2.45) is 0 Å². The average molecular weight is 362 g/mol. The predicted octanol–water partition coefficient (Wildman–Crippen LogP) is 5.66. The lowest BCUT2D eigenvalue weighted by Gasteiger charge is -2.03. The Bertz CT molecular complexity index is 455.